The van der Waals surface area contributed by atoms with E-state index in [0.29, 0.717) is 6.54 Å². The monoisotopic (exact) mass is 392 g/mol. The molecule has 1 fully saturated rings. The average molecular weight is 392 g/mol. The van der Waals surface area contributed by atoms with Crippen LogP contribution in [0.1, 0.15) is 21.6 Å². The molecule has 1 aromatic heterocycles. The van der Waals surface area contributed by atoms with Gasteiger partial charge in [0.05, 0.1) is 11.5 Å². The molecule has 29 heavy (non-hydrogen) atoms. The summed E-state index contributed by atoms with van der Waals surface area (Å²) in [5, 5.41) is 11.8. The molecule has 7 nitrogen and oxygen atoms in total. The van der Waals surface area contributed by atoms with Gasteiger partial charge in [-0.15, -0.1) is 0 Å². The zero-order chi connectivity index (χ0) is 20.5. The number of Topliss-reactive ketones (excluding diaryl/α,β-unsaturated/α-hetero) is 1. The van der Waals surface area contributed by atoms with Gasteiger partial charge in [-0.3, -0.25) is 19.8 Å². The fourth-order valence-electron chi connectivity index (χ4n) is 4.04. The maximum absolute atomic E-state index is 13.0. The summed E-state index contributed by atoms with van der Waals surface area (Å²) in [6.45, 7) is 7.53. The highest BCUT2D eigenvalue weighted by Crippen LogP contribution is 2.25. The molecule has 2 heterocycles. The van der Waals surface area contributed by atoms with Gasteiger partial charge >= 0.3 is 0 Å². The number of carbonyl (C=O) groups excluding carboxylic acids is 1. The predicted octanol–water partition coefficient (Wildman–Crippen LogP) is 3.70. The minimum absolute atomic E-state index is 0.0993. The lowest BCUT2D eigenvalue weighted by Gasteiger charge is -2.35. The number of aromatic amines is 1. The van der Waals surface area contributed by atoms with Crippen molar-refractivity contribution in [2.24, 2.45) is 0 Å². The van der Waals surface area contributed by atoms with Gasteiger partial charge in [-0.05, 0) is 37.6 Å². The molecule has 0 unspecified atom stereocenters. The summed E-state index contributed by atoms with van der Waals surface area (Å²) >= 11 is 0. The van der Waals surface area contributed by atoms with Crippen LogP contribution in [0.3, 0.4) is 0 Å². The van der Waals surface area contributed by atoms with Crippen LogP contribution < -0.4 is 4.90 Å². The summed E-state index contributed by atoms with van der Waals surface area (Å²) in [4.78, 5) is 31.1. The van der Waals surface area contributed by atoms with Crippen LogP contribution in [-0.4, -0.2) is 53.3 Å². The Morgan fingerprint density at radius 3 is 2.41 bits per heavy atom. The van der Waals surface area contributed by atoms with Crippen LogP contribution >= 0.6 is 0 Å². The molecule has 1 saturated heterocycles. The number of fused-ring (bicyclic) bond motifs is 1. The fraction of sp³-hybridized carbons (Fsp3) is 0.318. The normalized spacial score (nSPS) is 15.0. The number of nitro benzene ring substituents is 1. The molecule has 0 bridgehead atoms. The number of nitrogens with one attached hydrogen (secondary N) is 1. The standard InChI is InChI=1S/C22H24N4O3/c1-15-3-8-19-20(13-15)23-16(2)22(19)21(27)14-24-9-11-25(12-10-24)17-4-6-18(7-5-17)26(28)29/h3-8,13,23H,9-12,14H2,1-2H3. The molecule has 3 aromatic rings. The van der Waals surface area contributed by atoms with Gasteiger partial charge in [-0.25, -0.2) is 0 Å². The number of hydrogen-bond donors (Lipinski definition) is 1. The first kappa shape index (κ1) is 19.1. The average Bonchev–Trinajstić information content (AvgIpc) is 3.03. The van der Waals surface area contributed by atoms with Crippen LogP contribution in [0.15, 0.2) is 42.5 Å². The number of piperazine rings is 1. The minimum Gasteiger partial charge on any atom is -0.369 e. The number of nitro groups is 1. The highest BCUT2D eigenvalue weighted by molar-refractivity contribution is 6.10. The molecule has 7 heteroatoms. The zero-order valence-electron chi connectivity index (χ0n) is 16.6. The van der Waals surface area contributed by atoms with Crippen molar-refractivity contribution in [3.8, 4) is 0 Å². The minimum atomic E-state index is -0.388. The Bertz CT molecular complexity index is 1060. The molecule has 0 saturated carbocycles. The summed E-state index contributed by atoms with van der Waals surface area (Å²) in [6.07, 6.45) is 0. The van der Waals surface area contributed by atoms with Crippen molar-refractivity contribution < 1.29 is 9.72 Å². The summed E-state index contributed by atoms with van der Waals surface area (Å²) < 4.78 is 0. The van der Waals surface area contributed by atoms with Crippen molar-refractivity contribution in [1.82, 2.24) is 9.88 Å². The summed E-state index contributed by atoms with van der Waals surface area (Å²) in [5.41, 5.74) is 4.96. The molecule has 0 amide bonds. The second-order valence-corrected chi connectivity index (χ2v) is 7.63. The molecule has 0 aliphatic carbocycles. The maximum atomic E-state index is 13.0. The number of carbonyl (C=O) groups is 1. The molecule has 150 valence electrons. The number of H-pyrrole nitrogens is 1. The van der Waals surface area contributed by atoms with Crippen LogP contribution in [-0.2, 0) is 0 Å². The number of non-ortho nitro benzene ring substituents is 1. The van der Waals surface area contributed by atoms with Gasteiger partial charge in [0.15, 0.2) is 5.78 Å². The summed E-state index contributed by atoms with van der Waals surface area (Å²) in [7, 11) is 0. The second-order valence-electron chi connectivity index (χ2n) is 7.63. The number of anilines is 1. The Labute approximate surface area is 169 Å². The Morgan fingerprint density at radius 2 is 1.76 bits per heavy atom. The van der Waals surface area contributed by atoms with E-state index in [1.807, 2.05) is 26.0 Å². The predicted molar refractivity (Wildman–Crippen MR) is 114 cm³/mol. The number of nitrogens with zero attached hydrogens (tertiary/aromatic N) is 3. The molecule has 0 atom stereocenters. The second kappa shape index (κ2) is 7.67. The number of hydrogen-bond acceptors (Lipinski definition) is 5. The van der Waals surface area contributed by atoms with Crippen LogP contribution in [0, 0.1) is 24.0 Å². The molecule has 0 spiro atoms. The van der Waals surface area contributed by atoms with Crippen LogP contribution in [0.4, 0.5) is 11.4 Å². The lowest BCUT2D eigenvalue weighted by molar-refractivity contribution is -0.384. The van der Waals surface area contributed by atoms with Crippen LogP contribution in [0.25, 0.3) is 10.9 Å². The van der Waals surface area contributed by atoms with E-state index in [-0.39, 0.29) is 16.4 Å². The zero-order valence-corrected chi connectivity index (χ0v) is 16.6. The smallest absolute Gasteiger partial charge is 0.269 e. The summed E-state index contributed by atoms with van der Waals surface area (Å²) in [6, 6.07) is 12.8. The van der Waals surface area contributed by atoms with Crippen molar-refractivity contribution in [2.45, 2.75) is 13.8 Å². The van der Waals surface area contributed by atoms with Crippen LogP contribution in [0.2, 0.25) is 0 Å². The van der Waals surface area contributed by atoms with Crippen molar-refractivity contribution in [3.05, 3.63) is 69.4 Å². The van der Waals surface area contributed by atoms with Gasteiger partial charge < -0.3 is 9.88 Å². The number of aromatic nitrogens is 1. The Morgan fingerprint density at radius 1 is 1.07 bits per heavy atom. The third-order valence-electron chi connectivity index (χ3n) is 5.59. The Balaban J connectivity index is 1.40. The van der Waals surface area contributed by atoms with Gasteiger partial charge in [0.1, 0.15) is 0 Å². The van der Waals surface area contributed by atoms with E-state index in [2.05, 4.69) is 20.9 Å². The van der Waals surface area contributed by atoms with E-state index < -0.39 is 0 Å². The van der Waals surface area contributed by atoms with Crippen molar-refractivity contribution in [3.63, 3.8) is 0 Å². The molecular formula is C22H24N4O3. The third kappa shape index (κ3) is 3.86. The van der Waals surface area contributed by atoms with Crippen molar-refractivity contribution in [1.29, 1.82) is 0 Å². The number of aryl methyl sites for hydroxylation is 2. The SMILES string of the molecule is Cc1ccc2c(C(=O)CN3CCN(c4ccc([N+](=O)[O-])cc4)CC3)c(C)[nH]c2c1. The van der Waals surface area contributed by atoms with Gasteiger partial charge in [-0.1, -0.05) is 12.1 Å². The first-order valence-corrected chi connectivity index (χ1v) is 9.76. The lowest BCUT2D eigenvalue weighted by atomic mass is 10.0. The quantitative estimate of drug-likeness (QED) is 0.407. The highest BCUT2D eigenvalue weighted by Gasteiger charge is 2.23. The van der Waals surface area contributed by atoms with Gasteiger partial charge in [-0.2, -0.15) is 0 Å². The van der Waals surface area contributed by atoms with Crippen molar-refractivity contribution >= 4 is 28.1 Å². The largest absolute Gasteiger partial charge is 0.369 e. The molecule has 2 aromatic carbocycles. The summed E-state index contributed by atoms with van der Waals surface area (Å²) in [5.74, 6) is 0.140. The molecular weight excluding hydrogens is 368 g/mol. The maximum Gasteiger partial charge on any atom is 0.269 e. The van der Waals surface area contributed by atoms with E-state index in [9.17, 15) is 14.9 Å². The fourth-order valence-corrected chi connectivity index (χ4v) is 4.04. The van der Waals surface area contributed by atoms with E-state index in [0.717, 1.165) is 54.0 Å². The van der Waals surface area contributed by atoms with E-state index in [1.54, 1.807) is 12.1 Å². The van der Waals surface area contributed by atoms with E-state index in [4.69, 9.17) is 0 Å². The molecule has 1 N–H and O–H groups in total. The van der Waals surface area contributed by atoms with E-state index in [1.165, 1.54) is 17.7 Å². The molecule has 4 rings (SSSR count). The first-order valence-electron chi connectivity index (χ1n) is 9.76. The molecule has 1 aliphatic rings. The van der Waals surface area contributed by atoms with Crippen molar-refractivity contribution in [2.75, 3.05) is 37.6 Å². The van der Waals surface area contributed by atoms with Crippen LogP contribution in [0.5, 0.6) is 0 Å². The van der Waals surface area contributed by atoms with Gasteiger partial charge in [0.25, 0.3) is 5.69 Å². The number of ketones is 1. The third-order valence-corrected chi connectivity index (χ3v) is 5.59. The topological polar surface area (TPSA) is 82.5 Å². The first-order chi connectivity index (χ1) is 13.9. The molecule has 1 aliphatic heterocycles. The highest BCUT2D eigenvalue weighted by atomic mass is 16.6. The van der Waals surface area contributed by atoms with Gasteiger partial charge in [0, 0.05) is 66.2 Å². The van der Waals surface area contributed by atoms with Gasteiger partial charge in [0.2, 0.25) is 0 Å². The Kier molecular flexibility index (Phi) is 5.07. The number of benzene rings is 2. The molecule has 0 radical (unpaired) electrons. The number of rotatable bonds is 5. The van der Waals surface area contributed by atoms with E-state index >= 15 is 0 Å². The lowest BCUT2D eigenvalue weighted by Crippen LogP contribution is -2.48. The Hall–Kier alpha value is -3.19.